The van der Waals surface area contributed by atoms with Gasteiger partial charge in [0.2, 0.25) is 0 Å². The molecule has 0 atom stereocenters. The highest BCUT2D eigenvalue weighted by Crippen LogP contribution is 2.56. The van der Waals surface area contributed by atoms with Crippen molar-refractivity contribution in [2.75, 3.05) is 13.1 Å². The summed E-state index contributed by atoms with van der Waals surface area (Å²) >= 11 is 0. The molecule has 4 rings (SSSR count). The van der Waals surface area contributed by atoms with E-state index in [0.717, 1.165) is 37.8 Å². The number of piperidine rings is 1. The minimum absolute atomic E-state index is 0.167. The van der Waals surface area contributed by atoms with E-state index in [1.54, 1.807) is 4.90 Å². The Morgan fingerprint density at radius 2 is 1.55 bits per heavy atom. The fraction of sp³-hybridized carbons (Fsp3) is 0.583. The predicted molar refractivity (Wildman–Crippen MR) is 120 cm³/mol. The van der Waals surface area contributed by atoms with Gasteiger partial charge in [-0.15, -0.1) is 0 Å². The quantitative estimate of drug-likeness (QED) is 0.438. The molecule has 0 radical (unpaired) electrons. The van der Waals surface area contributed by atoms with Crippen LogP contribution >= 0.6 is 0 Å². The van der Waals surface area contributed by atoms with E-state index in [0.29, 0.717) is 24.5 Å². The van der Waals surface area contributed by atoms with Crippen molar-refractivity contribution in [1.29, 1.82) is 0 Å². The van der Waals surface area contributed by atoms with E-state index in [4.69, 9.17) is 19.2 Å². The highest BCUT2D eigenvalue weighted by atomic mass is 19.4. The second-order valence-electron chi connectivity index (χ2n) is 10.4. The number of carboxylic acid groups (broad SMARTS) is 1. The Hall–Kier alpha value is -3.32. The predicted octanol–water partition coefficient (Wildman–Crippen LogP) is 6.28. The summed E-state index contributed by atoms with van der Waals surface area (Å²) in [4.78, 5) is 27.3. The Morgan fingerprint density at radius 1 is 1.03 bits per heavy atom. The van der Waals surface area contributed by atoms with Gasteiger partial charge in [-0.05, 0) is 76.1 Å². The van der Waals surface area contributed by atoms with Crippen LogP contribution in [0.2, 0.25) is 0 Å². The number of benzene rings is 1. The second-order valence-corrected chi connectivity index (χ2v) is 10.4. The molecule has 8 nitrogen and oxygen atoms in total. The van der Waals surface area contributed by atoms with Crippen molar-refractivity contribution in [2.45, 2.75) is 70.3 Å². The zero-order chi connectivity index (χ0) is 28.5. The normalized spacial score (nSPS) is 17.9. The van der Waals surface area contributed by atoms with Crippen molar-refractivity contribution in [3.8, 4) is 11.5 Å². The molecule has 1 spiro atoms. The summed E-state index contributed by atoms with van der Waals surface area (Å²) in [7, 11) is 0. The van der Waals surface area contributed by atoms with Gasteiger partial charge in [-0.1, -0.05) is 5.16 Å². The molecule has 2 aromatic rings. The van der Waals surface area contributed by atoms with Crippen LogP contribution in [0, 0.1) is 5.41 Å². The number of hydrogen-bond donors (Lipinski definition) is 1. The van der Waals surface area contributed by atoms with Gasteiger partial charge in [-0.25, -0.2) is 9.59 Å². The molecular weight excluding hydrogens is 524 g/mol. The van der Waals surface area contributed by atoms with Gasteiger partial charge in [-0.2, -0.15) is 31.3 Å². The van der Waals surface area contributed by atoms with E-state index in [9.17, 15) is 31.1 Å². The van der Waals surface area contributed by atoms with Crippen LogP contribution in [0.4, 0.5) is 31.1 Å². The molecule has 1 saturated carbocycles. The fourth-order valence-electron chi connectivity index (χ4n) is 4.39. The lowest BCUT2D eigenvalue weighted by atomic mass is 9.57. The van der Waals surface area contributed by atoms with Gasteiger partial charge in [0.1, 0.15) is 5.60 Å². The molecule has 2 aliphatic rings. The number of carboxylic acids is 1. The molecule has 38 heavy (non-hydrogen) atoms. The number of halogens is 6. The van der Waals surface area contributed by atoms with Crippen LogP contribution in [0.15, 0.2) is 28.8 Å². The first kappa shape index (κ1) is 29.2. The van der Waals surface area contributed by atoms with E-state index in [2.05, 4.69) is 10.1 Å². The van der Waals surface area contributed by atoms with E-state index in [1.807, 2.05) is 20.8 Å². The highest BCUT2D eigenvalue weighted by Gasteiger charge is 2.48. The first-order chi connectivity index (χ1) is 17.4. The first-order valence-corrected chi connectivity index (χ1v) is 11.7. The van der Waals surface area contributed by atoms with Crippen molar-refractivity contribution < 1.29 is 50.3 Å². The number of carbonyl (C=O) groups excluding carboxylic acids is 1. The van der Waals surface area contributed by atoms with Gasteiger partial charge in [0.05, 0.1) is 5.56 Å². The molecule has 1 amide bonds. The Balaban J connectivity index is 0.000000505. The van der Waals surface area contributed by atoms with Crippen molar-refractivity contribution >= 4 is 12.1 Å². The van der Waals surface area contributed by atoms with Crippen LogP contribution in [0.5, 0.6) is 0 Å². The minimum Gasteiger partial charge on any atom is -0.475 e. The third kappa shape index (κ3) is 7.38. The van der Waals surface area contributed by atoms with Crippen LogP contribution in [0.25, 0.3) is 11.5 Å². The van der Waals surface area contributed by atoms with Gasteiger partial charge in [0, 0.05) is 24.6 Å². The Labute approximate surface area is 213 Å². The molecular formula is C24H27F6N3O5. The summed E-state index contributed by atoms with van der Waals surface area (Å²) in [5.74, 6) is -1.77. The third-order valence-electron chi connectivity index (χ3n) is 6.34. The maximum absolute atomic E-state index is 12.7. The summed E-state index contributed by atoms with van der Waals surface area (Å²) in [6.07, 6.45) is -6.07. The summed E-state index contributed by atoms with van der Waals surface area (Å²) in [5, 5.41) is 11.2. The number of aromatic nitrogens is 2. The Bertz CT molecular complexity index is 1120. The highest BCUT2D eigenvalue weighted by molar-refractivity contribution is 5.73. The number of amides is 1. The average molecular weight is 551 g/mol. The van der Waals surface area contributed by atoms with Crippen LogP contribution in [0.1, 0.15) is 63.8 Å². The summed E-state index contributed by atoms with van der Waals surface area (Å²) in [5.41, 5.74) is -0.573. The number of rotatable bonds is 2. The number of likely N-dealkylation sites (tertiary alicyclic amines) is 1. The van der Waals surface area contributed by atoms with E-state index >= 15 is 0 Å². The topological polar surface area (TPSA) is 106 Å². The van der Waals surface area contributed by atoms with Gasteiger partial charge in [0.25, 0.3) is 5.89 Å². The maximum atomic E-state index is 12.7. The number of ether oxygens (including phenoxy) is 1. The molecule has 0 bridgehead atoms. The lowest BCUT2D eigenvalue weighted by Crippen LogP contribution is -2.49. The molecule has 1 saturated heterocycles. The van der Waals surface area contributed by atoms with Crippen LogP contribution in [-0.4, -0.2) is 57.1 Å². The van der Waals surface area contributed by atoms with Gasteiger partial charge in [-0.3, -0.25) is 0 Å². The van der Waals surface area contributed by atoms with Crippen LogP contribution in [0.3, 0.4) is 0 Å². The monoisotopic (exact) mass is 551 g/mol. The summed E-state index contributed by atoms with van der Waals surface area (Å²) in [6, 6.07) is 4.70. The molecule has 2 heterocycles. The number of carbonyl (C=O) groups is 2. The molecule has 1 aliphatic heterocycles. The lowest BCUT2D eigenvalue weighted by Gasteiger charge is -2.51. The lowest BCUT2D eigenvalue weighted by molar-refractivity contribution is -0.192. The van der Waals surface area contributed by atoms with Crippen molar-refractivity contribution in [3.05, 3.63) is 35.7 Å². The van der Waals surface area contributed by atoms with Gasteiger partial charge in [0.15, 0.2) is 5.82 Å². The minimum atomic E-state index is -5.08. The Morgan fingerprint density at radius 3 is 2.00 bits per heavy atom. The van der Waals surface area contributed by atoms with Crippen molar-refractivity contribution in [1.82, 2.24) is 15.0 Å². The molecule has 2 fully saturated rings. The maximum Gasteiger partial charge on any atom is 0.490 e. The van der Waals surface area contributed by atoms with E-state index < -0.39 is 29.5 Å². The standard InChI is InChI=1S/C22H26F3N3O3.C2HF3O2/c1-20(2,3)30-19(29)28-10-8-21(9-11-28)12-15(13-21)17-26-18(31-27-17)14-4-6-16(7-5-14)22(23,24)25;3-2(4,5)1(6)7/h4-7,15H,8-13H2,1-3H3;(H,6,7). The number of alkyl halides is 6. The fourth-order valence-corrected chi connectivity index (χ4v) is 4.39. The molecule has 0 unspecified atom stereocenters. The number of hydrogen-bond acceptors (Lipinski definition) is 6. The van der Waals surface area contributed by atoms with Gasteiger partial charge >= 0.3 is 24.4 Å². The summed E-state index contributed by atoms with van der Waals surface area (Å²) in [6.45, 7) is 6.92. The van der Waals surface area contributed by atoms with Crippen LogP contribution < -0.4 is 0 Å². The SMILES string of the molecule is CC(C)(C)OC(=O)N1CCC2(CC1)CC(c1noc(-c3ccc(C(F)(F)F)cc3)n1)C2.O=C(O)C(F)(F)F. The number of nitrogens with zero attached hydrogens (tertiary/aromatic N) is 3. The molecule has 210 valence electrons. The number of aliphatic carboxylic acids is 1. The molecule has 1 aromatic heterocycles. The smallest absolute Gasteiger partial charge is 0.475 e. The zero-order valence-electron chi connectivity index (χ0n) is 20.8. The average Bonchev–Trinajstić information content (AvgIpc) is 3.25. The Kier molecular flexibility index (Phi) is 8.04. The largest absolute Gasteiger partial charge is 0.490 e. The van der Waals surface area contributed by atoms with E-state index in [-0.39, 0.29) is 23.3 Å². The van der Waals surface area contributed by atoms with Crippen molar-refractivity contribution in [3.63, 3.8) is 0 Å². The van der Waals surface area contributed by atoms with Crippen molar-refractivity contribution in [2.24, 2.45) is 5.41 Å². The molecule has 1 aliphatic carbocycles. The molecule has 1 aromatic carbocycles. The third-order valence-corrected chi connectivity index (χ3v) is 6.34. The second kappa shape index (κ2) is 10.4. The van der Waals surface area contributed by atoms with Gasteiger partial charge < -0.3 is 19.3 Å². The van der Waals surface area contributed by atoms with E-state index in [1.165, 1.54) is 12.1 Å². The zero-order valence-corrected chi connectivity index (χ0v) is 20.8. The molecule has 14 heteroatoms. The molecule has 1 N–H and O–H groups in total. The van der Waals surface area contributed by atoms with Crippen LogP contribution in [-0.2, 0) is 15.7 Å². The summed E-state index contributed by atoms with van der Waals surface area (Å²) < 4.78 is 80.6. The first-order valence-electron chi connectivity index (χ1n) is 11.7.